The fraction of sp³-hybridized carbons (Fsp3) is 0.588. The lowest BCUT2D eigenvalue weighted by atomic mass is 9.86. The third-order valence-corrected chi connectivity index (χ3v) is 4.88. The van der Waals surface area contributed by atoms with Gasteiger partial charge in [-0.25, -0.2) is 4.79 Å². The summed E-state index contributed by atoms with van der Waals surface area (Å²) in [5.74, 6) is -0.517. The van der Waals surface area contributed by atoms with Gasteiger partial charge >= 0.3 is 5.97 Å². The number of nitrogen functional groups attached to an aromatic ring is 1. The number of aromatic carboxylic acids is 1. The number of nitrogens with two attached hydrogens (primary N) is 1. The van der Waals surface area contributed by atoms with Crippen molar-refractivity contribution < 1.29 is 14.6 Å². The second kappa shape index (κ2) is 7.88. The van der Waals surface area contributed by atoms with E-state index < -0.39 is 5.97 Å². The third-order valence-electron chi connectivity index (χ3n) is 4.57. The Morgan fingerprint density at radius 3 is 2.65 bits per heavy atom. The summed E-state index contributed by atoms with van der Waals surface area (Å²) in [6.45, 7) is 5.29. The number of piperidine rings is 1. The number of hydrogen-bond acceptors (Lipinski definition) is 4. The third kappa shape index (κ3) is 3.90. The van der Waals surface area contributed by atoms with E-state index >= 15 is 0 Å². The Bertz CT molecular complexity index is 569. The standard InChI is InChI=1S/C17H25ClN2O3/c1-3-4-7-20-8-5-11(6-9-20)14-15(19)13(18)10-12(17(21)22)16(14)23-2/h10-11H,3-9,19H2,1-2H3,(H,21,22). The Morgan fingerprint density at radius 1 is 1.48 bits per heavy atom. The molecule has 5 nitrogen and oxygen atoms in total. The molecule has 1 aliphatic rings. The van der Waals surface area contributed by atoms with E-state index in [1.165, 1.54) is 26.0 Å². The normalized spacial score (nSPS) is 16.5. The maximum atomic E-state index is 11.5. The van der Waals surface area contributed by atoms with Gasteiger partial charge in [-0.2, -0.15) is 0 Å². The van der Waals surface area contributed by atoms with Crippen molar-refractivity contribution in [2.24, 2.45) is 0 Å². The summed E-state index contributed by atoms with van der Waals surface area (Å²) in [5, 5.41) is 9.67. The lowest BCUT2D eigenvalue weighted by Crippen LogP contribution is -2.34. The highest BCUT2D eigenvalue weighted by Gasteiger charge is 2.29. The quantitative estimate of drug-likeness (QED) is 0.774. The van der Waals surface area contributed by atoms with Crippen LogP contribution in [0, 0.1) is 0 Å². The number of hydrogen-bond donors (Lipinski definition) is 2. The van der Waals surface area contributed by atoms with Gasteiger partial charge in [-0.1, -0.05) is 24.9 Å². The molecule has 6 heteroatoms. The zero-order valence-corrected chi connectivity index (χ0v) is 14.5. The van der Waals surface area contributed by atoms with Crippen LogP contribution in [0.25, 0.3) is 0 Å². The van der Waals surface area contributed by atoms with Crippen molar-refractivity contribution in [3.63, 3.8) is 0 Å². The minimum atomic E-state index is -1.05. The monoisotopic (exact) mass is 340 g/mol. The molecule has 3 N–H and O–H groups in total. The molecule has 23 heavy (non-hydrogen) atoms. The molecule has 1 fully saturated rings. The Kier molecular flexibility index (Phi) is 6.13. The van der Waals surface area contributed by atoms with Gasteiger partial charge in [0.05, 0.1) is 17.8 Å². The van der Waals surface area contributed by atoms with Crippen LogP contribution in [-0.2, 0) is 0 Å². The molecular formula is C17H25ClN2O3. The van der Waals surface area contributed by atoms with E-state index in [1.54, 1.807) is 0 Å². The molecule has 0 spiro atoms. The molecule has 0 bridgehead atoms. The van der Waals surface area contributed by atoms with Gasteiger partial charge in [0.2, 0.25) is 0 Å². The van der Waals surface area contributed by atoms with Gasteiger partial charge in [0, 0.05) is 5.56 Å². The van der Waals surface area contributed by atoms with Crippen molar-refractivity contribution in [1.82, 2.24) is 4.90 Å². The Morgan fingerprint density at radius 2 is 2.13 bits per heavy atom. The summed E-state index contributed by atoms with van der Waals surface area (Å²) >= 11 is 6.15. The number of rotatable bonds is 6. The molecule has 1 heterocycles. The molecule has 0 unspecified atom stereocenters. The number of carboxylic acid groups (broad SMARTS) is 1. The van der Waals surface area contributed by atoms with Crippen LogP contribution in [0.4, 0.5) is 5.69 Å². The summed E-state index contributed by atoms with van der Waals surface area (Å²) in [6, 6.07) is 1.37. The lowest BCUT2D eigenvalue weighted by molar-refractivity contribution is 0.0693. The first kappa shape index (κ1) is 17.9. The van der Waals surface area contributed by atoms with Crippen molar-refractivity contribution in [1.29, 1.82) is 0 Å². The second-order valence-corrected chi connectivity index (χ2v) is 6.45. The van der Waals surface area contributed by atoms with Gasteiger partial charge in [-0.3, -0.25) is 0 Å². The first-order valence-corrected chi connectivity index (χ1v) is 8.48. The van der Waals surface area contributed by atoms with Crippen LogP contribution >= 0.6 is 11.6 Å². The minimum Gasteiger partial charge on any atom is -0.495 e. The van der Waals surface area contributed by atoms with Crippen molar-refractivity contribution in [2.45, 2.75) is 38.5 Å². The van der Waals surface area contributed by atoms with Crippen LogP contribution < -0.4 is 10.5 Å². The molecule has 0 atom stereocenters. The molecule has 1 aromatic rings. The number of nitrogens with zero attached hydrogens (tertiary/aromatic N) is 1. The summed E-state index contributed by atoms with van der Waals surface area (Å²) in [5.41, 5.74) is 7.44. The Balaban J connectivity index is 2.27. The summed E-state index contributed by atoms with van der Waals surface area (Å²) in [6.07, 6.45) is 4.26. The average molecular weight is 341 g/mol. The first-order chi connectivity index (χ1) is 11.0. The fourth-order valence-corrected chi connectivity index (χ4v) is 3.49. The van der Waals surface area contributed by atoms with Crippen LogP contribution in [0.2, 0.25) is 5.02 Å². The molecule has 128 valence electrons. The van der Waals surface area contributed by atoms with Gasteiger partial charge in [0.25, 0.3) is 0 Å². The zero-order chi connectivity index (χ0) is 17.0. The maximum absolute atomic E-state index is 11.5. The van der Waals surface area contributed by atoms with Crippen LogP contribution in [0.5, 0.6) is 5.75 Å². The number of carbonyl (C=O) groups is 1. The van der Waals surface area contributed by atoms with Crippen LogP contribution in [0.15, 0.2) is 6.07 Å². The predicted octanol–water partition coefficient (Wildman–Crippen LogP) is 3.61. The van der Waals surface area contributed by atoms with E-state index in [9.17, 15) is 9.90 Å². The highest BCUT2D eigenvalue weighted by molar-refractivity contribution is 6.33. The minimum absolute atomic E-state index is 0.0788. The highest BCUT2D eigenvalue weighted by atomic mass is 35.5. The molecule has 0 aliphatic carbocycles. The second-order valence-electron chi connectivity index (χ2n) is 6.04. The Labute approximate surface area is 142 Å². The van der Waals surface area contributed by atoms with E-state index in [1.807, 2.05) is 0 Å². The number of unbranched alkanes of at least 4 members (excludes halogenated alkanes) is 1. The van der Waals surface area contributed by atoms with E-state index in [2.05, 4.69) is 11.8 Å². The van der Waals surface area contributed by atoms with Gasteiger partial charge in [0.1, 0.15) is 11.3 Å². The van der Waals surface area contributed by atoms with Crippen molar-refractivity contribution >= 4 is 23.3 Å². The van der Waals surface area contributed by atoms with E-state index in [0.29, 0.717) is 11.4 Å². The fourth-order valence-electron chi connectivity index (χ4n) is 3.28. The van der Waals surface area contributed by atoms with Gasteiger partial charge < -0.3 is 20.5 Å². The van der Waals surface area contributed by atoms with Gasteiger partial charge in [-0.05, 0) is 50.9 Å². The number of anilines is 1. The molecule has 0 amide bonds. The molecule has 2 rings (SSSR count). The highest BCUT2D eigenvalue weighted by Crippen LogP contribution is 2.43. The average Bonchev–Trinajstić information content (AvgIpc) is 2.55. The number of carboxylic acids is 1. The number of methoxy groups -OCH3 is 1. The van der Waals surface area contributed by atoms with Crippen molar-refractivity contribution in [3.8, 4) is 5.75 Å². The SMILES string of the molecule is CCCCN1CCC(c2c(N)c(Cl)cc(C(=O)O)c2OC)CC1. The first-order valence-electron chi connectivity index (χ1n) is 8.11. The summed E-state index contributed by atoms with van der Waals surface area (Å²) in [4.78, 5) is 13.9. The van der Waals surface area contributed by atoms with Gasteiger partial charge in [0.15, 0.2) is 0 Å². The van der Waals surface area contributed by atoms with Crippen LogP contribution in [0.1, 0.15) is 54.4 Å². The Hall–Kier alpha value is -1.46. The van der Waals surface area contributed by atoms with E-state index in [-0.39, 0.29) is 16.5 Å². The van der Waals surface area contributed by atoms with Crippen molar-refractivity contribution in [3.05, 3.63) is 22.2 Å². The number of likely N-dealkylation sites (tertiary alicyclic amines) is 1. The number of ether oxygens (including phenoxy) is 1. The predicted molar refractivity (Wildman–Crippen MR) is 92.7 cm³/mol. The molecule has 0 radical (unpaired) electrons. The van der Waals surface area contributed by atoms with E-state index in [4.69, 9.17) is 22.1 Å². The molecular weight excluding hydrogens is 316 g/mol. The largest absolute Gasteiger partial charge is 0.495 e. The molecule has 1 saturated heterocycles. The molecule has 0 saturated carbocycles. The zero-order valence-electron chi connectivity index (χ0n) is 13.8. The molecule has 0 aromatic heterocycles. The smallest absolute Gasteiger partial charge is 0.339 e. The van der Waals surface area contributed by atoms with Crippen LogP contribution in [-0.4, -0.2) is 42.7 Å². The summed E-state index contributed by atoms with van der Waals surface area (Å²) in [7, 11) is 1.48. The van der Waals surface area contributed by atoms with Gasteiger partial charge in [-0.15, -0.1) is 0 Å². The summed E-state index contributed by atoms with van der Waals surface area (Å²) < 4.78 is 5.39. The van der Waals surface area contributed by atoms with Crippen molar-refractivity contribution in [2.75, 3.05) is 32.5 Å². The molecule has 1 aliphatic heterocycles. The number of halogens is 1. The van der Waals surface area contributed by atoms with Crippen LogP contribution in [0.3, 0.4) is 0 Å². The topological polar surface area (TPSA) is 75.8 Å². The lowest BCUT2D eigenvalue weighted by Gasteiger charge is -2.33. The number of benzene rings is 1. The van der Waals surface area contributed by atoms with E-state index in [0.717, 1.165) is 38.0 Å². The molecule has 1 aromatic carbocycles. The maximum Gasteiger partial charge on any atom is 0.339 e.